The molecule has 0 saturated carbocycles. The fraction of sp³-hybridized carbons (Fsp3) is 1.00. The Morgan fingerprint density at radius 3 is 1.93 bits per heavy atom. The second kappa shape index (κ2) is 4.56. The van der Waals surface area contributed by atoms with Gasteiger partial charge in [0.25, 0.3) is 10.2 Å². The summed E-state index contributed by atoms with van der Waals surface area (Å²) >= 11 is 8.40. The topological polar surface area (TPSA) is 0 Å². The smallest absolute Gasteiger partial charge is 0.122 e. The first kappa shape index (κ1) is 15.8. The molecule has 0 amide bonds. The van der Waals surface area contributed by atoms with Gasteiger partial charge in [-0.1, -0.05) is 48.2 Å². The van der Waals surface area contributed by atoms with E-state index in [4.69, 9.17) is 11.6 Å². The van der Waals surface area contributed by atoms with Gasteiger partial charge in [0.15, 0.2) is 0 Å². The van der Waals surface area contributed by atoms with Crippen molar-refractivity contribution in [1.29, 1.82) is 0 Å². The molecule has 0 aliphatic carbocycles. The molecule has 1 atom stereocenters. The Labute approximate surface area is 99.4 Å². The summed E-state index contributed by atoms with van der Waals surface area (Å²) in [5, 5.41) is -0.765. The average molecular weight is 340 g/mol. The highest BCUT2D eigenvalue weighted by atomic mass is 79.9. The largest absolute Gasteiger partial charge is 0.287 e. The van der Waals surface area contributed by atoms with Gasteiger partial charge in [0, 0.05) is 5.33 Å². The number of unbranched alkanes of at least 4 members (excludes halogenated alkanes) is 2. The summed E-state index contributed by atoms with van der Waals surface area (Å²) in [4.78, 5) is 0. The summed E-state index contributed by atoms with van der Waals surface area (Å²) in [6, 6.07) is 0. The van der Waals surface area contributed by atoms with Crippen molar-refractivity contribution in [2.45, 2.75) is 31.1 Å². The Morgan fingerprint density at radius 2 is 1.53 bits per heavy atom. The molecular formula is C7H13BrClF5S. The molecule has 0 aromatic carbocycles. The van der Waals surface area contributed by atoms with Gasteiger partial charge < -0.3 is 0 Å². The highest BCUT2D eigenvalue weighted by molar-refractivity contribution is 9.09. The van der Waals surface area contributed by atoms with Crippen LogP contribution >= 0.6 is 37.8 Å². The molecule has 0 rings (SSSR count). The molecule has 0 fully saturated rings. The maximum Gasteiger partial charge on any atom is 0.287 e. The van der Waals surface area contributed by atoms with Crippen molar-refractivity contribution in [3.05, 3.63) is 0 Å². The van der Waals surface area contributed by atoms with Crippen LogP contribution in [0.15, 0.2) is 0 Å². The van der Waals surface area contributed by atoms with Gasteiger partial charge in [-0.3, -0.25) is 0 Å². The van der Waals surface area contributed by atoms with Gasteiger partial charge in [-0.05, 0) is 12.8 Å². The maximum absolute atomic E-state index is 11.9. The Balaban J connectivity index is 3.91. The van der Waals surface area contributed by atoms with Gasteiger partial charge in [-0.15, -0.1) is 11.6 Å². The third-order valence-corrected chi connectivity index (χ3v) is 3.80. The number of hydrogen-bond donors (Lipinski definition) is 0. The highest BCUT2D eigenvalue weighted by Crippen LogP contribution is 2.98. The van der Waals surface area contributed by atoms with Crippen molar-refractivity contribution in [2.24, 2.45) is 0 Å². The SMILES string of the molecule is FS(F)(F)(F)(F)CC(Cl)CCCCCBr. The summed E-state index contributed by atoms with van der Waals surface area (Å²) < 4.78 is 59.7. The average Bonchev–Trinajstić information content (AvgIpc) is 1.91. The summed E-state index contributed by atoms with van der Waals surface area (Å²) in [6.45, 7) is 0. The zero-order valence-corrected chi connectivity index (χ0v) is 11.0. The Kier molecular flexibility index (Phi) is 4.80. The van der Waals surface area contributed by atoms with E-state index in [9.17, 15) is 19.4 Å². The molecule has 0 aromatic heterocycles. The van der Waals surface area contributed by atoms with Crippen molar-refractivity contribution < 1.29 is 19.4 Å². The highest BCUT2D eigenvalue weighted by Gasteiger charge is 2.63. The molecule has 0 aliphatic rings. The second-order valence-electron chi connectivity index (χ2n) is 3.43. The minimum atomic E-state index is -9.32. The lowest BCUT2D eigenvalue weighted by atomic mass is 10.2. The lowest BCUT2D eigenvalue weighted by Gasteiger charge is -2.41. The van der Waals surface area contributed by atoms with Crippen molar-refractivity contribution in [2.75, 3.05) is 11.1 Å². The van der Waals surface area contributed by atoms with Gasteiger partial charge >= 0.3 is 0 Å². The van der Waals surface area contributed by atoms with E-state index in [2.05, 4.69) is 15.9 Å². The predicted molar refractivity (Wildman–Crippen MR) is 59.9 cm³/mol. The van der Waals surface area contributed by atoms with Crippen molar-refractivity contribution in [1.82, 2.24) is 0 Å². The molecule has 0 radical (unpaired) electrons. The lowest BCUT2D eigenvalue weighted by molar-refractivity contribution is 0.361. The van der Waals surface area contributed by atoms with Crippen LogP contribution in [0.1, 0.15) is 25.7 Å². The first-order valence-electron chi connectivity index (χ1n) is 4.36. The van der Waals surface area contributed by atoms with E-state index in [-0.39, 0.29) is 6.42 Å². The molecule has 1 unspecified atom stereocenters. The van der Waals surface area contributed by atoms with Crippen LogP contribution in [0.3, 0.4) is 0 Å². The molecular weight excluding hydrogens is 326 g/mol. The third kappa shape index (κ3) is 12.7. The predicted octanol–water partition coefficient (Wildman–Crippen LogP) is 5.85. The summed E-state index contributed by atoms with van der Waals surface area (Å²) in [5.74, 6) is -2.16. The van der Waals surface area contributed by atoms with Crippen LogP contribution in [0.4, 0.5) is 19.4 Å². The van der Waals surface area contributed by atoms with Crippen LogP contribution in [0.5, 0.6) is 0 Å². The van der Waals surface area contributed by atoms with E-state index < -0.39 is 21.4 Å². The van der Waals surface area contributed by atoms with Crippen LogP contribution in [0.2, 0.25) is 0 Å². The summed E-state index contributed by atoms with van der Waals surface area (Å²) in [7, 11) is -9.32. The Hall–Kier alpha value is 0.770. The van der Waals surface area contributed by atoms with E-state index in [1.165, 1.54) is 0 Å². The zero-order chi connectivity index (χ0) is 12.2. The Bertz CT molecular complexity index is 203. The quantitative estimate of drug-likeness (QED) is 0.310. The van der Waals surface area contributed by atoms with E-state index in [1.807, 2.05) is 0 Å². The van der Waals surface area contributed by atoms with Gasteiger partial charge in [-0.2, -0.15) is 0 Å². The van der Waals surface area contributed by atoms with Crippen molar-refractivity contribution in [3.8, 4) is 0 Å². The molecule has 0 aromatic rings. The molecule has 15 heavy (non-hydrogen) atoms. The fourth-order valence-electron chi connectivity index (χ4n) is 1.06. The minimum absolute atomic E-state index is 0.0276. The normalized spacial score (nSPS) is 19.4. The number of alkyl halides is 2. The fourth-order valence-corrected chi connectivity index (χ4v) is 3.18. The molecule has 96 valence electrons. The second-order valence-corrected chi connectivity index (χ2v) is 7.43. The van der Waals surface area contributed by atoms with E-state index >= 15 is 0 Å². The number of halogens is 7. The van der Waals surface area contributed by atoms with Crippen LogP contribution in [0, 0.1) is 0 Å². The maximum atomic E-state index is 11.9. The van der Waals surface area contributed by atoms with Crippen LogP contribution < -0.4 is 0 Å². The van der Waals surface area contributed by atoms with E-state index in [0.717, 1.165) is 11.8 Å². The molecule has 0 saturated heterocycles. The molecule has 0 aliphatic heterocycles. The monoisotopic (exact) mass is 338 g/mol. The van der Waals surface area contributed by atoms with E-state index in [0.29, 0.717) is 12.8 Å². The van der Waals surface area contributed by atoms with Gasteiger partial charge in [-0.25, -0.2) is 0 Å². The van der Waals surface area contributed by atoms with Gasteiger partial charge in [0.1, 0.15) is 5.75 Å². The third-order valence-electron chi connectivity index (χ3n) is 1.65. The van der Waals surface area contributed by atoms with E-state index in [1.54, 1.807) is 0 Å². The standard InChI is InChI=1S/C7H13BrClF5S/c8-5-3-1-2-4-7(9)6-15(10,11,12,13)14/h7H,1-6H2. The number of hydrogen-bond acceptors (Lipinski definition) is 0. The van der Waals surface area contributed by atoms with Crippen molar-refractivity contribution >= 4 is 37.8 Å². The van der Waals surface area contributed by atoms with Crippen molar-refractivity contribution in [3.63, 3.8) is 0 Å². The lowest BCUT2D eigenvalue weighted by Crippen LogP contribution is -2.19. The van der Waals surface area contributed by atoms with Crippen LogP contribution in [0.25, 0.3) is 0 Å². The number of rotatable bonds is 7. The molecule has 0 N–H and O–H groups in total. The van der Waals surface area contributed by atoms with Gasteiger partial charge in [0.2, 0.25) is 0 Å². The minimum Gasteiger partial charge on any atom is -0.122 e. The molecule has 8 heteroatoms. The summed E-state index contributed by atoms with van der Waals surface area (Å²) in [5.41, 5.74) is 0. The Morgan fingerprint density at radius 1 is 1.00 bits per heavy atom. The first-order chi connectivity index (χ1) is 6.43. The van der Waals surface area contributed by atoms with Crippen LogP contribution in [-0.4, -0.2) is 16.5 Å². The molecule has 0 bridgehead atoms. The van der Waals surface area contributed by atoms with Crippen LogP contribution in [-0.2, 0) is 0 Å². The molecule has 0 nitrogen and oxygen atoms in total. The molecule has 0 spiro atoms. The van der Waals surface area contributed by atoms with Gasteiger partial charge in [0.05, 0.1) is 5.38 Å². The molecule has 0 heterocycles. The zero-order valence-electron chi connectivity index (χ0n) is 7.87. The first-order valence-corrected chi connectivity index (χ1v) is 8.04. The summed E-state index contributed by atoms with van der Waals surface area (Å²) in [6.07, 6.45) is 1.91.